The number of hydrogen-bond donors (Lipinski definition) is 2. The van der Waals surface area contributed by atoms with Crippen molar-refractivity contribution in [3.05, 3.63) is 53.7 Å². The average molecular weight is 565 g/mol. The van der Waals surface area contributed by atoms with Crippen LogP contribution in [0.3, 0.4) is 0 Å². The predicted molar refractivity (Wildman–Crippen MR) is 146 cm³/mol. The third-order valence-corrected chi connectivity index (χ3v) is 6.47. The molecular formula is C25H37IN6O. The molecule has 2 N–H and O–H groups in total. The summed E-state index contributed by atoms with van der Waals surface area (Å²) in [6.07, 6.45) is 7.03. The van der Waals surface area contributed by atoms with E-state index in [1.54, 1.807) is 7.11 Å². The third-order valence-electron chi connectivity index (χ3n) is 6.47. The van der Waals surface area contributed by atoms with Crippen molar-refractivity contribution in [2.45, 2.75) is 38.3 Å². The van der Waals surface area contributed by atoms with Crippen molar-refractivity contribution in [2.75, 3.05) is 51.8 Å². The molecule has 7 nitrogen and oxygen atoms in total. The first kappa shape index (κ1) is 25.6. The zero-order chi connectivity index (χ0) is 22.2. The minimum atomic E-state index is 0. The zero-order valence-corrected chi connectivity index (χ0v) is 22.1. The SMILES string of the molecule is CN=C(NCc1ccc(N2CCCC2)nc1)NCC(c1ccc(OC)cc1)N1CCCC1.I. The summed E-state index contributed by atoms with van der Waals surface area (Å²) in [6, 6.07) is 13.0. The lowest BCUT2D eigenvalue weighted by Gasteiger charge is -2.29. The fourth-order valence-electron chi connectivity index (χ4n) is 4.59. The highest BCUT2D eigenvalue weighted by atomic mass is 127. The van der Waals surface area contributed by atoms with Gasteiger partial charge >= 0.3 is 0 Å². The highest BCUT2D eigenvalue weighted by Crippen LogP contribution is 2.26. The van der Waals surface area contributed by atoms with Crippen molar-refractivity contribution >= 4 is 35.8 Å². The van der Waals surface area contributed by atoms with E-state index in [1.807, 2.05) is 25.4 Å². The number of methoxy groups -OCH3 is 1. The minimum Gasteiger partial charge on any atom is -0.497 e. The van der Waals surface area contributed by atoms with E-state index in [0.717, 1.165) is 55.8 Å². The number of ether oxygens (including phenoxy) is 1. The highest BCUT2D eigenvalue weighted by molar-refractivity contribution is 14.0. The van der Waals surface area contributed by atoms with Crippen LogP contribution in [0.2, 0.25) is 0 Å². The molecule has 2 aliphatic rings. The lowest BCUT2D eigenvalue weighted by molar-refractivity contribution is 0.245. The molecule has 33 heavy (non-hydrogen) atoms. The van der Waals surface area contributed by atoms with Crippen molar-refractivity contribution in [1.29, 1.82) is 0 Å². The van der Waals surface area contributed by atoms with Gasteiger partial charge in [0, 0.05) is 39.4 Å². The number of likely N-dealkylation sites (tertiary alicyclic amines) is 1. The summed E-state index contributed by atoms with van der Waals surface area (Å²) in [5.41, 5.74) is 2.46. The van der Waals surface area contributed by atoms with E-state index >= 15 is 0 Å². The molecule has 0 aliphatic carbocycles. The van der Waals surface area contributed by atoms with E-state index < -0.39 is 0 Å². The fraction of sp³-hybridized carbons (Fsp3) is 0.520. The Morgan fingerprint density at radius 2 is 1.70 bits per heavy atom. The summed E-state index contributed by atoms with van der Waals surface area (Å²) in [7, 11) is 3.53. The van der Waals surface area contributed by atoms with Gasteiger partial charge in [-0.25, -0.2) is 4.98 Å². The number of nitrogens with one attached hydrogen (secondary N) is 2. The Balaban J connectivity index is 0.00000306. The van der Waals surface area contributed by atoms with Crippen LogP contribution in [0.1, 0.15) is 42.9 Å². The molecule has 0 spiro atoms. The first-order valence-corrected chi connectivity index (χ1v) is 11.8. The van der Waals surface area contributed by atoms with Crippen LogP contribution in [-0.2, 0) is 6.54 Å². The number of aromatic nitrogens is 1. The Bertz CT molecular complexity index is 861. The molecule has 1 unspecified atom stereocenters. The molecule has 1 aromatic carbocycles. The molecule has 8 heteroatoms. The lowest BCUT2D eigenvalue weighted by atomic mass is 10.1. The van der Waals surface area contributed by atoms with Gasteiger partial charge in [0.15, 0.2) is 5.96 Å². The smallest absolute Gasteiger partial charge is 0.191 e. The number of hydrogen-bond acceptors (Lipinski definition) is 5. The molecule has 2 aliphatic heterocycles. The molecule has 1 atom stereocenters. The first-order valence-electron chi connectivity index (χ1n) is 11.8. The summed E-state index contributed by atoms with van der Waals surface area (Å²) in [4.78, 5) is 14.0. The summed E-state index contributed by atoms with van der Waals surface area (Å²) < 4.78 is 5.33. The second-order valence-electron chi connectivity index (χ2n) is 8.56. The van der Waals surface area contributed by atoms with Gasteiger partial charge in [0.05, 0.1) is 13.2 Å². The minimum absolute atomic E-state index is 0. The van der Waals surface area contributed by atoms with Crippen LogP contribution in [0, 0.1) is 0 Å². The second kappa shape index (κ2) is 13.0. The van der Waals surface area contributed by atoms with Gasteiger partial charge in [-0.2, -0.15) is 0 Å². The summed E-state index contributed by atoms with van der Waals surface area (Å²) in [5, 5.41) is 6.97. The topological polar surface area (TPSA) is 65.0 Å². The van der Waals surface area contributed by atoms with E-state index in [0.29, 0.717) is 12.6 Å². The van der Waals surface area contributed by atoms with E-state index in [9.17, 15) is 0 Å². The van der Waals surface area contributed by atoms with Crippen molar-refractivity contribution in [3.63, 3.8) is 0 Å². The normalized spacial score (nSPS) is 17.5. The Morgan fingerprint density at radius 1 is 1.00 bits per heavy atom. The molecule has 2 fully saturated rings. The maximum atomic E-state index is 5.33. The summed E-state index contributed by atoms with van der Waals surface area (Å²) in [6.45, 7) is 6.02. The Hall–Kier alpha value is -2.07. The summed E-state index contributed by atoms with van der Waals surface area (Å²) in [5.74, 6) is 2.79. The molecule has 1 aromatic heterocycles. The molecule has 3 heterocycles. The van der Waals surface area contributed by atoms with Gasteiger partial charge in [-0.1, -0.05) is 18.2 Å². The number of aliphatic imine (C=N–C) groups is 1. The van der Waals surface area contributed by atoms with Crippen molar-refractivity contribution in [1.82, 2.24) is 20.5 Å². The number of anilines is 1. The quantitative estimate of drug-likeness (QED) is 0.289. The number of rotatable bonds is 8. The maximum absolute atomic E-state index is 5.33. The van der Waals surface area contributed by atoms with Gasteiger partial charge in [-0.15, -0.1) is 24.0 Å². The van der Waals surface area contributed by atoms with Crippen LogP contribution >= 0.6 is 24.0 Å². The van der Waals surface area contributed by atoms with E-state index in [-0.39, 0.29) is 24.0 Å². The second-order valence-corrected chi connectivity index (χ2v) is 8.56. The van der Waals surface area contributed by atoms with E-state index in [2.05, 4.69) is 54.7 Å². The molecular weight excluding hydrogens is 527 g/mol. The predicted octanol–water partition coefficient (Wildman–Crippen LogP) is 3.81. The van der Waals surface area contributed by atoms with Crippen LogP contribution < -0.4 is 20.3 Å². The zero-order valence-electron chi connectivity index (χ0n) is 19.8. The van der Waals surface area contributed by atoms with Crippen molar-refractivity contribution in [2.24, 2.45) is 4.99 Å². The van der Waals surface area contributed by atoms with Gasteiger partial charge < -0.3 is 20.3 Å². The third kappa shape index (κ3) is 6.96. The van der Waals surface area contributed by atoms with Crippen LogP contribution in [0.25, 0.3) is 0 Å². The van der Waals surface area contributed by atoms with Crippen LogP contribution in [-0.4, -0.2) is 62.7 Å². The van der Waals surface area contributed by atoms with Crippen LogP contribution in [0.15, 0.2) is 47.6 Å². The fourth-order valence-corrected chi connectivity index (χ4v) is 4.59. The molecule has 0 amide bonds. The summed E-state index contributed by atoms with van der Waals surface area (Å²) >= 11 is 0. The van der Waals surface area contributed by atoms with Crippen molar-refractivity contribution < 1.29 is 4.74 Å². The molecule has 0 saturated carbocycles. The van der Waals surface area contributed by atoms with Gasteiger partial charge in [-0.3, -0.25) is 9.89 Å². The molecule has 0 bridgehead atoms. The number of guanidine groups is 1. The molecule has 0 radical (unpaired) electrons. The van der Waals surface area contributed by atoms with Gasteiger partial charge in [0.1, 0.15) is 11.6 Å². The Kier molecular flexibility index (Phi) is 10.1. The monoisotopic (exact) mass is 564 g/mol. The average Bonchev–Trinajstić information content (AvgIpc) is 3.57. The van der Waals surface area contributed by atoms with Crippen molar-refractivity contribution in [3.8, 4) is 5.75 Å². The number of benzene rings is 1. The highest BCUT2D eigenvalue weighted by Gasteiger charge is 2.23. The van der Waals surface area contributed by atoms with E-state index in [1.165, 1.54) is 31.2 Å². The first-order chi connectivity index (χ1) is 15.8. The standard InChI is InChI=1S/C25H36N6O.HI/c1-26-25(28-18-20-7-12-24(27-17-20)31-15-5-6-16-31)29-19-23(30-13-3-4-14-30)21-8-10-22(32-2)11-9-21;/h7-12,17,23H,3-6,13-16,18-19H2,1-2H3,(H2,26,28,29);1H. The number of halogens is 1. The Morgan fingerprint density at radius 3 is 2.30 bits per heavy atom. The number of pyridine rings is 1. The molecule has 2 saturated heterocycles. The molecule has 4 rings (SSSR count). The van der Waals surface area contributed by atoms with Crippen LogP contribution in [0.5, 0.6) is 5.75 Å². The molecule has 180 valence electrons. The van der Waals surface area contributed by atoms with Gasteiger partial charge in [0.2, 0.25) is 0 Å². The number of nitrogens with zero attached hydrogens (tertiary/aromatic N) is 4. The van der Waals surface area contributed by atoms with Gasteiger partial charge in [0.25, 0.3) is 0 Å². The van der Waals surface area contributed by atoms with E-state index in [4.69, 9.17) is 4.74 Å². The lowest BCUT2D eigenvalue weighted by Crippen LogP contribution is -2.42. The van der Waals surface area contributed by atoms with Gasteiger partial charge in [-0.05, 0) is 68.1 Å². The van der Waals surface area contributed by atoms with Crippen LogP contribution in [0.4, 0.5) is 5.82 Å². The largest absolute Gasteiger partial charge is 0.497 e. The Labute approximate surface area is 215 Å². The maximum Gasteiger partial charge on any atom is 0.191 e. The molecule has 2 aromatic rings.